The van der Waals surface area contributed by atoms with E-state index in [9.17, 15) is 0 Å². The number of para-hydroxylation sites is 1. The van der Waals surface area contributed by atoms with E-state index in [4.69, 9.17) is 0 Å². The Kier molecular flexibility index (Phi) is 9.62. The molecular weight excluding hydrogens is 314 g/mol. The highest BCUT2D eigenvalue weighted by Crippen LogP contribution is 2.21. The topological polar surface area (TPSA) is 30.7 Å². The lowest BCUT2D eigenvalue weighted by Crippen LogP contribution is -1.95. The van der Waals surface area contributed by atoms with Crippen LogP contribution in [0.25, 0.3) is 5.69 Å². The zero-order valence-electron chi connectivity index (χ0n) is 15.0. The Labute approximate surface area is 151 Å². The summed E-state index contributed by atoms with van der Waals surface area (Å²) in [4.78, 5) is 0. The van der Waals surface area contributed by atoms with Gasteiger partial charge in [-0.25, -0.2) is 0 Å². The van der Waals surface area contributed by atoms with Crippen LogP contribution in [0.1, 0.15) is 71.1 Å². The molecule has 0 aliphatic rings. The maximum atomic E-state index is 4.25. The molecule has 4 heteroatoms. The van der Waals surface area contributed by atoms with Gasteiger partial charge in [0.1, 0.15) is 6.33 Å². The smallest absolute Gasteiger partial charge is 0.195 e. The second kappa shape index (κ2) is 12.1. The summed E-state index contributed by atoms with van der Waals surface area (Å²) in [5, 5.41) is 9.31. The number of unbranched alkanes of at least 4 members (excludes halogenated alkanes) is 9. The molecule has 132 valence electrons. The minimum absolute atomic E-state index is 0.997. The van der Waals surface area contributed by atoms with Gasteiger partial charge in [-0.2, -0.15) is 0 Å². The van der Waals surface area contributed by atoms with Crippen LogP contribution in [-0.2, 0) is 0 Å². The van der Waals surface area contributed by atoms with Gasteiger partial charge in [0.05, 0.1) is 0 Å². The van der Waals surface area contributed by atoms with E-state index < -0.39 is 0 Å². The third kappa shape index (κ3) is 7.08. The Morgan fingerprint density at radius 1 is 0.833 bits per heavy atom. The number of thioether (sulfide) groups is 1. The van der Waals surface area contributed by atoms with Crippen molar-refractivity contribution in [2.45, 2.75) is 76.3 Å². The average Bonchev–Trinajstić information content (AvgIpc) is 3.09. The molecule has 2 aromatic rings. The largest absolute Gasteiger partial charge is 0.277 e. The van der Waals surface area contributed by atoms with E-state index in [1.807, 2.05) is 30.0 Å². The van der Waals surface area contributed by atoms with Gasteiger partial charge < -0.3 is 0 Å². The molecule has 0 fully saturated rings. The molecule has 1 heterocycles. The summed E-state index contributed by atoms with van der Waals surface area (Å²) in [5.74, 6) is 1.13. The predicted octanol–water partition coefficient (Wildman–Crippen LogP) is 6.28. The average molecular weight is 346 g/mol. The van der Waals surface area contributed by atoms with Crippen LogP contribution in [-0.4, -0.2) is 20.5 Å². The summed E-state index contributed by atoms with van der Waals surface area (Å²) in [6, 6.07) is 10.3. The molecule has 0 radical (unpaired) electrons. The summed E-state index contributed by atoms with van der Waals surface area (Å²) in [6.07, 6.45) is 15.6. The molecule has 24 heavy (non-hydrogen) atoms. The summed E-state index contributed by atoms with van der Waals surface area (Å²) in [6.45, 7) is 2.28. The molecule has 0 atom stereocenters. The maximum Gasteiger partial charge on any atom is 0.195 e. The summed E-state index contributed by atoms with van der Waals surface area (Å²) in [7, 11) is 0. The maximum absolute atomic E-state index is 4.25. The lowest BCUT2D eigenvalue weighted by Gasteiger charge is -2.06. The van der Waals surface area contributed by atoms with E-state index in [0.717, 1.165) is 16.6 Å². The lowest BCUT2D eigenvalue weighted by molar-refractivity contribution is 0.563. The number of benzene rings is 1. The van der Waals surface area contributed by atoms with E-state index in [1.54, 1.807) is 6.33 Å². The Hall–Kier alpha value is -1.29. The lowest BCUT2D eigenvalue weighted by atomic mass is 10.1. The molecule has 0 aliphatic heterocycles. The fourth-order valence-electron chi connectivity index (χ4n) is 2.84. The van der Waals surface area contributed by atoms with Crippen molar-refractivity contribution in [2.75, 3.05) is 5.75 Å². The minimum Gasteiger partial charge on any atom is -0.277 e. The predicted molar refractivity (Wildman–Crippen MR) is 104 cm³/mol. The van der Waals surface area contributed by atoms with Crippen LogP contribution in [0.5, 0.6) is 0 Å². The standard InChI is InChI=1S/C20H31N3S/c1-2-3-4-5-6-7-8-9-10-14-17-24-20-22-21-18-23(20)19-15-12-11-13-16-19/h11-13,15-16,18H,2-10,14,17H2,1H3. The number of hydrogen-bond acceptors (Lipinski definition) is 3. The third-order valence-electron chi connectivity index (χ3n) is 4.28. The van der Waals surface area contributed by atoms with E-state index in [-0.39, 0.29) is 0 Å². The first-order valence-corrected chi connectivity index (χ1v) is 10.5. The molecule has 1 aromatic carbocycles. The van der Waals surface area contributed by atoms with E-state index in [0.29, 0.717) is 0 Å². The zero-order chi connectivity index (χ0) is 16.9. The van der Waals surface area contributed by atoms with Crippen LogP contribution in [0.15, 0.2) is 41.8 Å². The van der Waals surface area contributed by atoms with Gasteiger partial charge in [0.25, 0.3) is 0 Å². The highest BCUT2D eigenvalue weighted by Gasteiger charge is 2.06. The summed E-state index contributed by atoms with van der Waals surface area (Å²) < 4.78 is 2.07. The minimum atomic E-state index is 0.997. The Balaban J connectivity index is 1.54. The van der Waals surface area contributed by atoms with Crippen molar-refractivity contribution in [1.82, 2.24) is 14.8 Å². The first-order valence-electron chi connectivity index (χ1n) is 9.50. The van der Waals surface area contributed by atoms with Crippen molar-refractivity contribution in [3.8, 4) is 5.69 Å². The van der Waals surface area contributed by atoms with Crippen LogP contribution in [0.3, 0.4) is 0 Å². The van der Waals surface area contributed by atoms with Crippen LogP contribution in [0, 0.1) is 0 Å². The van der Waals surface area contributed by atoms with E-state index >= 15 is 0 Å². The van der Waals surface area contributed by atoms with Gasteiger partial charge in [-0.3, -0.25) is 4.57 Å². The van der Waals surface area contributed by atoms with Crippen molar-refractivity contribution < 1.29 is 0 Å². The number of aromatic nitrogens is 3. The van der Waals surface area contributed by atoms with Gasteiger partial charge >= 0.3 is 0 Å². The first kappa shape index (κ1) is 19.0. The van der Waals surface area contributed by atoms with Crippen LogP contribution in [0.4, 0.5) is 0 Å². The van der Waals surface area contributed by atoms with Crippen molar-refractivity contribution in [1.29, 1.82) is 0 Å². The Morgan fingerprint density at radius 3 is 2.12 bits per heavy atom. The molecule has 3 nitrogen and oxygen atoms in total. The second-order valence-corrected chi connectivity index (χ2v) is 7.41. The van der Waals surface area contributed by atoms with Crippen LogP contribution >= 0.6 is 11.8 Å². The third-order valence-corrected chi connectivity index (χ3v) is 5.31. The van der Waals surface area contributed by atoms with Gasteiger partial charge in [0.15, 0.2) is 5.16 Å². The number of rotatable bonds is 13. The Morgan fingerprint density at radius 2 is 1.46 bits per heavy atom. The number of hydrogen-bond donors (Lipinski definition) is 0. The molecule has 0 saturated carbocycles. The van der Waals surface area contributed by atoms with Gasteiger partial charge in [-0.15, -0.1) is 10.2 Å². The molecular formula is C20H31N3S. The monoisotopic (exact) mass is 345 g/mol. The van der Waals surface area contributed by atoms with E-state index in [1.165, 1.54) is 64.2 Å². The quantitative estimate of drug-likeness (QED) is 0.316. The normalized spacial score (nSPS) is 11.0. The van der Waals surface area contributed by atoms with Crippen molar-refractivity contribution >= 4 is 11.8 Å². The Bertz CT molecular complexity index is 539. The van der Waals surface area contributed by atoms with Crippen molar-refractivity contribution in [3.05, 3.63) is 36.7 Å². The summed E-state index contributed by atoms with van der Waals surface area (Å²) >= 11 is 1.82. The SMILES string of the molecule is CCCCCCCCCCCCSc1nncn1-c1ccccc1. The molecule has 0 spiro atoms. The molecule has 0 N–H and O–H groups in total. The molecule has 0 saturated heterocycles. The molecule has 0 amide bonds. The van der Waals surface area contributed by atoms with Gasteiger partial charge in [-0.05, 0) is 18.6 Å². The second-order valence-electron chi connectivity index (χ2n) is 6.35. The highest BCUT2D eigenvalue weighted by molar-refractivity contribution is 7.99. The van der Waals surface area contributed by atoms with Crippen molar-refractivity contribution in [3.63, 3.8) is 0 Å². The number of nitrogens with zero attached hydrogens (tertiary/aromatic N) is 3. The fourth-order valence-corrected chi connectivity index (χ4v) is 3.77. The van der Waals surface area contributed by atoms with Gasteiger partial charge in [0.2, 0.25) is 0 Å². The molecule has 0 aliphatic carbocycles. The van der Waals surface area contributed by atoms with Crippen molar-refractivity contribution in [2.24, 2.45) is 0 Å². The van der Waals surface area contributed by atoms with E-state index in [2.05, 4.69) is 33.8 Å². The highest BCUT2D eigenvalue weighted by atomic mass is 32.2. The fraction of sp³-hybridized carbons (Fsp3) is 0.600. The summed E-state index contributed by atoms with van der Waals surface area (Å²) in [5.41, 5.74) is 1.13. The van der Waals surface area contributed by atoms with Gasteiger partial charge in [0, 0.05) is 11.4 Å². The van der Waals surface area contributed by atoms with Gasteiger partial charge in [-0.1, -0.05) is 94.7 Å². The van der Waals surface area contributed by atoms with Crippen LogP contribution < -0.4 is 0 Å². The molecule has 2 rings (SSSR count). The van der Waals surface area contributed by atoms with Crippen LogP contribution in [0.2, 0.25) is 0 Å². The molecule has 1 aromatic heterocycles. The molecule has 0 bridgehead atoms. The zero-order valence-corrected chi connectivity index (χ0v) is 15.8. The first-order chi connectivity index (χ1) is 11.9. The molecule has 0 unspecified atom stereocenters.